The van der Waals surface area contributed by atoms with Crippen molar-refractivity contribution < 1.29 is 14.6 Å². The maximum atomic E-state index is 9.61. The molecule has 1 atom stereocenters. The van der Waals surface area contributed by atoms with Crippen LogP contribution in [-0.4, -0.2) is 21.8 Å². The highest BCUT2D eigenvalue weighted by atomic mass is 16.5. The van der Waals surface area contributed by atoms with E-state index in [-0.39, 0.29) is 0 Å². The molecule has 1 heterocycles. The second-order valence-electron chi connectivity index (χ2n) is 5.40. The van der Waals surface area contributed by atoms with Crippen molar-refractivity contribution in [1.82, 2.24) is 9.55 Å². The molecule has 0 saturated heterocycles. The summed E-state index contributed by atoms with van der Waals surface area (Å²) < 4.78 is 13.4. The fourth-order valence-electron chi connectivity index (χ4n) is 2.34. The van der Waals surface area contributed by atoms with Crippen molar-refractivity contribution in [2.45, 2.75) is 38.5 Å². The van der Waals surface area contributed by atoms with Crippen LogP contribution in [0.2, 0.25) is 0 Å². The van der Waals surface area contributed by atoms with Crippen molar-refractivity contribution in [3.63, 3.8) is 0 Å². The van der Waals surface area contributed by atoms with Gasteiger partial charge in [0.15, 0.2) is 11.5 Å². The van der Waals surface area contributed by atoms with Crippen LogP contribution < -0.4 is 9.47 Å². The van der Waals surface area contributed by atoms with Gasteiger partial charge in [-0.25, -0.2) is 4.98 Å². The number of methoxy groups -OCH3 is 1. The summed E-state index contributed by atoms with van der Waals surface area (Å²) in [6, 6.07) is 6.07. The summed E-state index contributed by atoms with van der Waals surface area (Å²) in [5, 5.41) is 9.61. The minimum atomic E-state index is -0.524. The van der Waals surface area contributed by atoms with Gasteiger partial charge in [0, 0.05) is 6.04 Å². The van der Waals surface area contributed by atoms with Crippen LogP contribution in [0.5, 0.6) is 11.5 Å². The molecule has 0 spiro atoms. The highest BCUT2D eigenvalue weighted by molar-refractivity contribution is 5.43. The predicted octanol–water partition coefficient (Wildman–Crippen LogP) is 2.86. The molecule has 21 heavy (non-hydrogen) atoms. The number of rotatable bonds is 6. The summed E-state index contributed by atoms with van der Waals surface area (Å²) in [7, 11) is 1.60. The molecule has 5 nitrogen and oxygen atoms in total. The normalized spacial score (nSPS) is 15.8. The molecular formula is C16H20N2O3. The number of imidazole rings is 1. The van der Waals surface area contributed by atoms with Crippen LogP contribution in [0.1, 0.15) is 43.2 Å². The van der Waals surface area contributed by atoms with Crippen LogP contribution in [-0.2, 0) is 6.61 Å². The van der Waals surface area contributed by atoms with Gasteiger partial charge >= 0.3 is 0 Å². The lowest BCUT2D eigenvalue weighted by Gasteiger charge is -2.14. The average molecular weight is 288 g/mol. The van der Waals surface area contributed by atoms with E-state index in [1.165, 1.54) is 12.8 Å². The number of nitrogens with zero attached hydrogens (tertiary/aromatic N) is 2. The quantitative estimate of drug-likeness (QED) is 0.888. The summed E-state index contributed by atoms with van der Waals surface area (Å²) in [6.07, 6.45) is 5.62. The number of aliphatic hydroxyl groups excluding tert-OH is 1. The molecule has 1 aliphatic rings. The standard InChI is InChI=1S/C16H20N2O3/c1-11(19)12-3-6-15(16(7-12)20-2)21-9-14-8-17-10-18(14)13-4-5-13/h3,6-8,10-11,13,19H,4-5,9H2,1-2H3. The Labute approximate surface area is 124 Å². The highest BCUT2D eigenvalue weighted by Gasteiger charge is 2.25. The average Bonchev–Trinajstić information content (AvgIpc) is 3.23. The van der Waals surface area contributed by atoms with Gasteiger partial charge < -0.3 is 19.1 Å². The van der Waals surface area contributed by atoms with Crippen LogP contribution in [0.25, 0.3) is 0 Å². The third-order valence-electron chi connectivity index (χ3n) is 3.73. The van der Waals surface area contributed by atoms with Gasteiger partial charge in [0.25, 0.3) is 0 Å². The topological polar surface area (TPSA) is 56.5 Å². The van der Waals surface area contributed by atoms with Gasteiger partial charge in [-0.2, -0.15) is 0 Å². The van der Waals surface area contributed by atoms with Crippen molar-refractivity contribution in [2.75, 3.05) is 7.11 Å². The molecule has 5 heteroatoms. The van der Waals surface area contributed by atoms with Crippen molar-refractivity contribution in [1.29, 1.82) is 0 Å². The van der Waals surface area contributed by atoms with E-state index in [4.69, 9.17) is 9.47 Å². The molecule has 1 aliphatic carbocycles. The first-order chi connectivity index (χ1) is 10.2. The van der Waals surface area contributed by atoms with Crippen molar-refractivity contribution in [3.8, 4) is 11.5 Å². The molecule has 112 valence electrons. The van der Waals surface area contributed by atoms with Crippen molar-refractivity contribution >= 4 is 0 Å². The molecule has 3 rings (SSSR count). The molecule has 0 radical (unpaired) electrons. The maximum Gasteiger partial charge on any atom is 0.161 e. The zero-order valence-corrected chi connectivity index (χ0v) is 12.3. The molecule has 1 fully saturated rings. The van der Waals surface area contributed by atoms with E-state index in [0.29, 0.717) is 24.1 Å². The van der Waals surface area contributed by atoms with Crippen LogP contribution >= 0.6 is 0 Å². The van der Waals surface area contributed by atoms with E-state index in [1.807, 2.05) is 24.7 Å². The SMILES string of the molecule is COc1cc(C(C)O)ccc1OCc1cncn1C1CC1. The number of benzene rings is 1. The molecule has 1 unspecified atom stereocenters. The fraction of sp³-hybridized carbons (Fsp3) is 0.438. The Morgan fingerprint density at radius 2 is 2.19 bits per heavy atom. The summed E-state index contributed by atoms with van der Waals surface area (Å²) in [6.45, 7) is 2.18. The Kier molecular flexibility index (Phi) is 3.84. The molecule has 1 saturated carbocycles. The third-order valence-corrected chi connectivity index (χ3v) is 3.73. The zero-order valence-electron chi connectivity index (χ0n) is 12.3. The van der Waals surface area contributed by atoms with Crippen molar-refractivity contribution in [3.05, 3.63) is 42.0 Å². The van der Waals surface area contributed by atoms with E-state index in [9.17, 15) is 5.11 Å². The molecule has 1 aromatic carbocycles. The minimum Gasteiger partial charge on any atom is -0.493 e. The number of aliphatic hydroxyl groups is 1. The molecule has 0 bridgehead atoms. The second kappa shape index (κ2) is 5.77. The monoisotopic (exact) mass is 288 g/mol. The Hall–Kier alpha value is -2.01. The van der Waals surface area contributed by atoms with Crippen LogP contribution in [0.15, 0.2) is 30.7 Å². The molecule has 1 aromatic heterocycles. The predicted molar refractivity (Wildman–Crippen MR) is 78.5 cm³/mol. The van der Waals surface area contributed by atoms with E-state index < -0.39 is 6.10 Å². The first-order valence-electron chi connectivity index (χ1n) is 7.18. The van der Waals surface area contributed by atoms with Gasteiger partial charge in [0.2, 0.25) is 0 Å². The summed E-state index contributed by atoms with van der Waals surface area (Å²) >= 11 is 0. The first-order valence-corrected chi connectivity index (χ1v) is 7.18. The number of ether oxygens (including phenoxy) is 2. The maximum absolute atomic E-state index is 9.61. The number of aromatic nitrogens is 2. The van der Waals surface area contributed by atoms with Gasteiger partial charge in [-0.15, -0.1) is 0 Å². The second-order valence-corrected chi connectivity index (χ2v) is 5.40. The summed E-state index contributed by atoms with van der Waals surface area (Å²) in [4.78, 5) is 4.19. The van der Waals surface area contributed by atoms with E-state index in [0.717, 1.165) is 11.3 Å². The Morgan fingerprint density at radius 1 is 1.38 bits per heavy atom. The van der Waals surface area contributed by atoms with E-state index >= 15 is 0 Å². The van der Waals surface area contributed by atoms with E-state index in [1.54, 1.807) is 20.1 Å². The Bertz CT molecular complexity index is 618. The summed E-state index contributed by atoms with van der Waals surface area (Å²) in [5.74, 6) is 1.30. The van der Waals surface area contributed by atoms with E-state index in [2.05, 4.69) is 9.55 Å². The fourth-order valence-corrected chi connectivity index (χ4v) is 2.34. The molecule has 1 N–H and O–H groups in total. The lowest BCUT2D eigenvalue weighted by molar-refractivity contribution is 0.198. The third kappa shape index (κ3) is 3.03. The van der Waals surface area contributed by atoms with Gasteiger partial charge in [-0.3, -0.25) is 0 Å². The molecule has 0 amide bonds. The van der Waals surface area contributed by atoms with Gasteiger partial charge in [-0.1, -0.05) is 6.07 Å². The lowest BCUT2D eigenvalue weighted by Crippen LogP contribution is -2.04. The molecule has 2 aromatic rings. The van der Waals surface area contributed by atoms with Crippen LogP contribution in [0, 0.1) is 0 Å². The minimum absolute atomic E-state index is 0.459. The first kappa shape index (κ1) is 13.9. The van der Waals surface area contributed by atoms with Crippen LogP contribution in [0.4, 0.5) is 0 Å². The lowest BCUT2D eigenvalue weighted by atomic mass is 10.1. The number of hydrogen-bond acceptors (Lipinski definition) is 4. The van der Waals surface area contributed by atoms with Gasteiger partial charge in [0.1, 0.15) is 6.61 Å². The van der Waals surface area contributed by atoms with Crippen molar-refractivity contribution in [2.24, 2.45) is 0 Å². The van der Waals surface area contributed by atoms with Crippen LogP contribution in [0.3, 0.4) is 0 Å². The smallest absolute Gasteiger partial charge is 0.161 e. The summed E-state index contributed by atoms with van der Waals surface area (Å²) in [5.41, 5.74) is 1.88. The number of hydrogen-bond donors (Lipinski definition) is 1. The van der Waals surface area contributed by atoms with Gasteiger partial charge in [-0.05, 0) is 37.5 Å². The molecular weight excluding hydrogens is 268 g/mol. The Morgan fingerprint density at radius 3 is 2.86 bits per heavy atom. The Balaban J connectivity index is 1.73. The highest BCUT2D eigenvalue weighted by Crippen LogP contribution is 2.36. The molecule has 0 aliphatic heterocycles. The zero-order chi connectivity index (χ0) is 14.8. The van der Waals surface area contributed by atoms with Gasteiger partial charge in [0.05, 0.1) is 31.4 Å². The largest absolute Gasteiger partial charge is 0.493 e.